The molecule has 0 aromatic carbocycles. The van der Waals surface area contributed by atoms with E-state index in [4.69, 9.17) is 5.73 Å². The molecule has 1 saturated carbocycles. The number of aromatic nitrogens is 2. The quantitative estimate of drug-likeness (QED) is 0.768. The third-order valence-corrected chi connectivity index (χ3v) is 3.73. The Hall–Kier alpha value is -1.35. The molecule has 0 atom stereocenters. The number of fused-ring (bicyclic) bond motifs is 1. The van der Waals surface area contributed by atoms with Crippen LogP contribution >= 0.6 is 0 Å². The van der Waals surface area contributed by atoms with Crippen LogP contribution in [0.1, 0.15) is 37.7 Å². The van der Waals surface area contributed by atoms with Crippen molar-refractivity contribution in [3.05, 3.63) is 30.1 Å². The lowest BCUT2D eigenvalue weighted by Crippen LogP contribution is -2.38. The van der Waals surface area contributed by atoms with E-state index in [2.05, 4.69) is 16.0 Å². The lowest BCUT2D eigenvalue weighted by molar-refractivity contribution is 0.304. The van der Waals surface area contributed by atoms with E-state index in [1.54, 1.807) is 0 Å². The van der Waals surface area contributed by atoms with Gasteiger partial charge in [-0.3, -0.25) is 0 Å². The monoisotopic (exact) mass is 215 g/mol. The van der Waals surface area contributed by atoms with Gasteiger partial charge < -0.3 is 10.7 Å². The third-order valence-electron chi connectivity index (χ3n) is 3.73. The van der Waals surface area contributed by atoms with Gasteiger partial charge >= 0.3 is 0 Å². The van der Waals surface area contributed by atoms with Gasteiger partial charge in [0.05, 0.1) is 0 Å². The molecule has 0 unspecified atom stereocenters. The summed E-state index contributed by atoms with van der Waals surface area (Å²) in [5, 5.41) is 1.19. The highest BCUT2D eigenvalue weighted by atomic mass is 14.9. The van der Waals surface area contributed by atoms with E-state index < -0.39 is 0 Å². The summed E-state index contributed by atoms with van der Waals surface area (Å²) in [7, 11) is 0. The first-order valence-corrected chi connectivity index (χ1v) is 6.01. The second-order valence-corrected chi connectivity index (χ2v) is 4.82. The number of nitrogens with zero attached hydrogens (tertiary/aromatic N) is 1. The number of rotatable bonds is 1. The first kappa shape index (κ1) is 9.85. The largest absolute Gasteiger partial charge is 0.346 e. The number of H-pyrrole nitrogens is 1. The van der Waals surface area contributed by atoms with Crippen LogP contribution in [0.25, 0.3) is 11.0 Å². The summed E-state index contributed by atoms with van der Waals surface area (Å²) in [6.45, 7) is 0. The molecule has 3 heteroatoms. The lowest BCUT2D eigenvalue weighted by atomic mass is 9.77. The van der Waals surface area contributed by atoms with Crippen LogP contribution < -0.4 is 5.73 Å². The van der Waals surface area contributed by atoms with E-state index in [1.807, 2.05) is 18.5 Å². The maximum atomic E-state index is 6.54. The highest BCUT2D eigenvalue weighted by Crippen LogP contribution is 2.37. The summed E-state index contributed by atoms with van der Waals surface area (Å²) in [5.74, 6) is 0. The van der Waals surface area contributed by atoms with E-state index in [0.29, 0.717) is 0 Å². The molecular weight excluding hydrogens is 198 g/mol. The van der Waals surface area contributed by atoms with Crippen molar-refractivity contribution in [2.75, 3.05) is 0 Å². The average Bonchev–Trinajstić information content (AvgIpc) is 2.74. The van der Waals surface area contributed by atoms with Crippen LogP contribution in [0.15, 0.2) is 24.5 Å². The Morgan fingerprint density at radius 3 is 2.88 bits per heavy atom. The fraction of sp³-hybridized carbons (Fsp3) is 0.462. The number of pyridine rings is 1. The molecule has 0 aliphatic heterocycles. The van der Waals surface area contributed by atoms with Gasteiger partial charge in [0.15, 0.2) is 0 Å². The molecule has 0 bridgehead atoms. The highest BCUT2D eigenvalue weighted by molar-refractivity contribution is 5.80. The summed E-state index contributed by atoms with van der Waals surface area (Å²) in [6.07, 6.45) is 9.84. The van der Waals surface area contributed by atoms with Crippen molar-refractivity contribution < 1.29 is 0 Å². The van der Waals surface area contributed by atoms with Crippen molar-refractivity contribution >= 4 is 11.0 Å². The zero-order valence-electron chi connectivity index (χ0n) is 9.37. The van der Waals surface area contributed by atoms with Gasteiger partial charge in [0.2, 0.25) is 0 Å². The van der Waals surface area contributed by atoms with E-state index in [1.165, 1.54) is 30.2 Å². The first-order valence-electron chi connectivity index (χ1n) is 6.01. The summed E-state index contributed by atoms with van der Waals surface area (Å²) in [6, 6.07) is 4.09. The van der Waals surface area contributed by atoms with Crippen molar-refractivity contribution in [2.24, 2.45) is 5.73 Å². The van der Waals surface area contributed by atoms with Gasteiger partial charge in [0, 0.05) is 23.3 Å². The molecule has 3 nitrogen and oxygen atoms in total. The Morgan fingerprint density at radius 2 is 2.06 bits per heavy atom. The number of hydrogen-bond acceptors (Lipinski definition) is 2. The van der Waals surface area contributed by atoms with Gasteiger partial charge in [0.1, 0.15) is 5.65 Å². The van der Waals surface area contributed by atoms with Crippen molar-refractivity contribution in [1.82, 2.24) is 9.97 Å². The molecule has 1 aliphatic carbocycles. The molecular formula is C13H17N3. The van der Waals surface area contributed by atoms with Crippen molar-refractivity contribution in [1.29, 1.82) is 0 Å². The average molecular weight is 215 g/mol. The van der Waals surface area contributed by atoms with Crippen LogP contribution in [0, 0.1) is 0 Å². The summed E-state index contributed by atoms with van der Waals surface area (Å²) in [5.41, 5.74) is 8.60. The number of nitrogens with one attached hydrogen (secondary N) is 1. The van der Waals surface area contributed by atoms with Crippen LogP contribution in [-0.2, 0) is 5.54 Å². The fourth-order valence-electron chi connectivity index (χ4n) is 2.82. The summed E-state index contributed by atoms with van der Waals surface area (Å²) >= 11 is 0. The molecule has 2 aromatic heterocycles. The van der Waals surface area contributed by atoms with E-state index >= 15 is 0 Å². The van der Waals surface area contributed by atoms with E-state index in [0.717, 1.165) is 18.5 Å². The minimum Gasteiger partial charge on any atom is -0.346 e. The predicted octanol–water partition coefficient (Wildman–Crippen LogP) is 2.68. The Kier molecular flexibility index (Phi) is 2.21. The van der Waals surface area contributed by atoms with Gasteiger partial charge in [-0.25, -0.2) is 4.98 Å². The molecule has 3 rings (SSSR count). The van der Waals surface area contributed by atoms with Gasteiger partial charge in [-0.2, -0.15) is 0 Å². The maximum Gasteiger partial charge on any atom is 0.137 e. The van der Waals surface area contributed by atoms with Gasteiger partial charge in [-0.1, -0.05) is 19.3 Å². The van der Waals surface area contributed by atoms with Crippen molar-refractivity contribution in [2.45, 2.75) is 37.6 Å². The molecule has 84 valence electrons. The minimum atomic E-state index is -0.139. The highest BCUT2D eigenvalue weighted by Gasteiger charge is 2.31. The van der Waals surface area contributed by atoms with Crippen molar-refractivity contribution in [3.63, 3.8) is 0 Å². The zero-order chi connectivity index (χ0) is 11.0. The number of nitrogens with two attached hydrogens (primary N) is 1. The standard InChI is InChI=1S/C13H17N3/c14-13(6-2-1-3-7-13)11-9-16-12-10(11)5-4-8-15-12/h4-5,8-9H,1-3,6-7,14H2,(H,15,16). The first-order chi connectivity index (χ1) is 7.80. The number of aromatic amines is 1. The molecule has 0 radical (unpaired) electrons. The number of hydrogen-bond donors (Lipinski definition) is 2. The lowest BCUT2D eigenvalue weighted by Gasteiger charge is -2.33. The zero-order valence-corrected chi connectivity index (χ0v) is 9.37. The third kappa shape index (κ3) is 1.43. The summed E-state index contributed by atoms with van der Waals surface area (Å²) < 4.78 is 0. The molecule has 0 amide bonds. The molecule has 0 spiro atoms. The van der Waals surface area contributed by atoms with Crippen LogP contribution in [-0.4, -0.2) is 9.97 Å². The molecule has 16 heavy (non-hydrogen) atoms. The smallest absolute Gasteiger partial charge is 0.137 e. The predicted molar refractivity (Wildman–Crippen MR) is 65.0 cm³/mol. The molecule has 2 heterocycles. The molecule has 1 aliphatic rings. The van der Waals surface area contributed by atoms with E-state index in [9.17, 15) is 0 Å². The van der Waals surface area contributed by atoms with E-state index in [-0.39, 0.29) is 5.54 Å². The Morgan fingerprint density at radius 1 is 1.25 bits per heavy atom. The SMILES string of the molecule is NC1(c2c[nH]c3ncccc23)CCCCC1. The van der Waals surface area contributed by atoms with Crippen LogP contribution in [0.3, 0.4) is 0 Å². The van der Waals surface area contributed by atoms with Gasteiger partial charge in [-0.15, -0.1) is 0 Å². The van der Waals surface area contributed by atoms with Crippen LogP contribution in [0.4, 0.5) is 0 Å². The molecule has 2 aromatic rings. The van der Waals surface area contributed by atoms with Crippen LogP contribution in [0.2, 0.25) is 0 Å². The Labute approximate surface area is 95.1 Å². The van der Waals surface area contributed by atoms with Gasteiger partial charge in [-0.05, 0) is 30.5 Å². The molecule has 3 N–H and O–H groups in total. The Bertz CT molecular complexity index is 495. The van der Waals surface area contributed by atoms with Crippen molar-refractivity contribution in [3.8, 4) is 0 Å². The second-order valence-electron chi connectivity index (χ2n) is 4.82. The Balaban J connectivity index is 2.11. The molecule has 1 fully saturated rings. The van der Waals surface area contributed by atoms with Crippen LogP contribution in [0.5, 0.6) is 0 Å². The van der Waals surface area contributed by atoms with Gasteiger partial charge in [0.25, 0.3) is 0 Å². The minimum absolute atomic E-state index is 0.139. The summed E-state index contributed by atoms with van der Waals surface area (Å²) in [4.78, 5) is 7.54. The topological polar surface area (TPSA) is 54.7 Å². The fourth-order valence-corrected chi connectivity index (χ4v) is 2.82. The maximum absolute atomic E-state index is 6.54. The normalized spacial score (nSPS) is 20.1. The molecule has 0 saturated heterocycles. The second kappa shape index (κ2) is 3.59.